The number of halogens is 2. The second-order valence-electron chi connectivity index (χ2n) is 3.70. The van der Waals surface area contributed by atoms with Crippen molar-refractivity contribution in [2.24, 2.45) is 0 Å². The van der Waals surface area contributed by atoms with Crippen LogP contribution in [0.5, 0.6) is 11.5 Å². The van der Waals surface area contributed by atoms with Crippen LogP contribution in [-0.4, -0.2) is 13.1 Å². The van der Waals surface area contributed by atoms with Gasteiger partial charge in [-0.3, -0.25) is 0 Å². The zero-order valence-corrected chi connectivity index (χ0v) is 11.5. The predicted molar refractivity (Wildman–Crippen MR) is 74.4 cm³/mol. The van der Waals surface area contributed by atoms with Crippen LogP contribution in [-0.2, 0) is 0 Å². The fourth-order valence-corrected chi connectivity index (χ4v) is 1.74. The molecule has 0 aliphatic carbocycles. The van der Waals surface area contributed by atoms with Crippen LogP contribution in [0.4, 0.5) is 0 Å². The molecule has 0 aliphatic heterocycles. The standard InChI is InChI=1S/C14H10Cl2O3/c1-18-10-4-2-3-9(7-10)14(17)19-11-5-6-12(15)13(16)8-11/h2-8H,1H3. The number of ether oxygens (including phenoxy) is 2. The molecule has 0 heterocycles. The number of hydrogen-bond acceptors (Lipinski definition) is 3. The largest absolute Gasteiger partial charge is 0.497 e. The monoisotopic (exact) mass is 296 g/mol. The lowest BCUT2D eigenvalue weighted by molar-refractivity contribution is 0.0734. The summed E-state index contributed by atoms with van der Waals surface area (Å²) in [6.45, 7) is 0. The maximum absolute atomic E-state index is 11.9. The summed E-state index contributed by atoms with van der Waals surface area (Å²) in [5, 5.41) is 0.737. The minimum absolute atomic E-state index is 0.331. The Morgan fingerprint density at radius 2 is 1.79 bits per heavy atom. The highest BCUT2D eigenvalue weighted by atomic mass is 35.5. The second kappa shape index (κ2) is 5.95. The Morgan fingerprint density at radius 3 is 2.47 bits per heavy atom. The third-order valence-electron chi connectivity index (χ3n) is 2.41. The van der Waals surface area contributed by atoms with E-state index in [4.69, 9.17) is 32.7 Å². The van der Waals surface area contributed by atoms with Gasteiger partial charge >= 0.3 is 5.97 Å². The van der Waals surface area contributed by atoms with Crippen molar-refractivity contribution in [1.29, 1.82) is 0 Å². The molecule has 0 bridgehead atoms. The van der Waals surface area contributed by atoms with Crippen LogP contribution in [0.3, 0.4) is 0 Å². The molecular weight excluding hydrogens is 287 g/mol. The van der Waals surface area contributed by atoms with Crippen molar-refractivity contribution in [2.75, 3.05) is 7.11 Å². The van der Waals surface area contributed by atoms with Crippen molar-refractivity contribution in [1.82, 2.24) is 0 Å². The molecular formula is C14H10Cl2O3. The van der Waals surface area contributed by atoms with Crippen LogP contribution >= 0.6 is 23.2 Å². The smallest absolute Gasteiger partial charge is 0.343 e. The Bertz CT molecular complexity index is 611. The van der Waals surface area contributed by atoms with Gasteiger partial charge in [-0.2, -0.15) is 0 Å². The van der Waals surface area contributed by atoms with E-state index in [1.54, 1.807) is 36.4 Å². The Hall–Kier alpha value is -1.71. The minimum atomic E-state index is -0.489. The minimum Gasteiger partial charge on any atom is -0.497 e. The van der Waals surface area contributed by atoms with Crippen molar-refractivity contribution in [3.63, 3.8) is 0 Å². The van der Waals surface area contributed by atoms with Crippen LogP contribution < -0.4 is 9.47 Å². The van der Waals surface area contributed by atoms with Gasteiger partial charge in [0.15, 0.2) is 0 Å². The molecule has 0 fully saturated rings. The molecule has 0 radical (unpaired) electrons. The zero-order valence-electron chi connectivity index (χ0n) is 10.0. The molecule has 98 valence electrons. The van der Waals surface area contributed by atoms with E-state index in [1.165, 1.54) is 13.2 Å². The normalized spacial score (nSPS) is 10.1. The Kier molecular flexibility index (Phi) is 4.30. The first kappa shape index (κ1) is 13.7. The van der Waals surface area contributed by atoms with Crippen molar-refractivity contribution in [3.8, 4) is 11.5 Å². The molecule has 19 heavy (non-hydrogen) atoms. The maximum atomic E-state index is 11.9. The van der Waals surface area contributed by atoms with E-state index in [2.05, 4.69) is 0 Å². The molecule has 0 atom stereocenters. The molecule has 0 unspecified atom stereocenters. The molecule has 5 heteroatoms. The summed E-state index contributed by atoms with van der Waals surface area (Å²) in [4.78, 5) is 11.9. The Morgan fingerprint density at radius 1 is 1.00 bits per heavy atom. The fourth-order valence-electron chi connectivity index (χ4n) is 1.46. The van der Waals surface area contributed by atoms with E-state index >= 15 is 0 Å². The number of methoxy groups -OCH3 is 1. The summed E-state index contributed by atoms with van der Waals surface area (Å²) < 4.78 is 10.2. The van der Waals surface area contributed by atoms with Gasteiger partial charge in [-0.1, -0.05) is 29.3 Å². The number of carbonyl (C=O) groups is 1. The molecule has 0 aliphatic rings. The van der Waals surface area contributed by atoms with Gasteiger partial charge in [0, 0.05) is 6.07 Å². The molecule has 0 aromatic heterocycles. The van der Waals surface area contributed by atoms with E-state index in [0.29, 0.717) is 27.1 Å². The summed E-state index contributed by atoms with van der Waals surface area (Å²) in [5.74, 6) is 0.433. The van der Waals surface area contributed by atoms with Gasteiger partial charge in [0.1, 0.15) is 11.5 Å². The van der Waals surface area contributed by atoms with Gasteiger partial charge in [0.05, 0.1) is 22.7 Å². The van der Waals surface area contributed by atoms with Crippen LogP contribution in [0.25, 0.3) is 0 Å². The molecule has 0 amide bonds. The number of carbonyl (C=O) groups excluding carboxylic acids is 1. The highest BCUT2D eigenvalue weighted by Crippen LogP contribution is 2.27. The van der Waals surface area contributed by atoms with Crippen molar-refractivity contribution < 1.29 is 14.3 Å². The Balaban J connectivity index is 2.18. The fraction of sp³-hybridized carbons (Fsp3) is 0.0714. The van der Waals surface area contributed by atoms with E-state index in [1.807, 2.05) is 0 Å². The van der Waals surface area contributed by atoms with Gasteiger partial charge in [0.2, 0.25) is 0 Å². The first-order valence-corrected chi connectivity index (χ1v) is 6.17. The average Bonchev–Trinajstić information content (AvgIpc) is 2.43. The molecule has 0 saturated heterocycles. The molecule has 2 rings (SSSR count). The van der Waals surface area contributed by atoms with Crippen LogP contribution in [0.2, 0.25) is 10.0 Å². The van der Waals surface area contributed by atoms with Gasteiger partial charge in [-0.15, -0.1) is 0 Å². The predicted octanol–water partition coefficient (Wildman–Crippen LogP) is 4.22. The molecule has 0 spiro atoms. The number of esters is 1. The van der Waals surface area contributed by atoms with Gasteiger partial charge in [-0.05, 0) is 30.3 Å². The number of benzene rings is 2. The van der Waals surface area contributed by atoms with Gasteiger partial charge in [-0.25, -0.2) is 4.79 Å². The third kappa shape index (κ3) is 3.40. The summed E-state index contributed by atoms with van der Waals surface area (Å²) in [5.41, 5.74) is 0.394. The summed E-state index contributed by atoms with van der Waals surface area (Å²) in [7, 11) is 1.53. The van der Waals surface area contributed by atoms with Crippen molar-refractivity contribution in [2.45, 2.75) is 0 Å². The number of hydrogen-bond donors (Lipinski definition) is 0. The third-order valence-corrected chi connectivity index (χ3v) is 3.15. The highest BCUT2D eigenvalue weighted by molar-refractivity contribution is 6.42. The second-order valence-corrected chi connectivity index (χ2v) is 4.51. The summed E-state index contributed by atoms with van der Waals surface area (Å²) in [6, 6.07) is 11.3. The quantitative estimate of drug-likeness (QED) is 0.628. The average molecular weight is 297 g/mol. The first-order valence-electron chi connectivity index (χ1n) is 5.41. The van der Waals surface area contributed by atoms with E-state index < -0.39 is 5.97 Å². The van der Waals surface area contributed by atoms with Crippen LogP contribution in [0.1, 0.15) is 10.4 Å². The molecule has 0 saturated carbocycles. The van der Waals surface area contributed by atoms with Gasteiger partial charge < -0.3 is 9.47 Å². The van der Waals surface area contributed by atoms with Crippen LogP contribution in [0, 0.1) is 0 Å². The van der Waals surface area contributed by atoms with E-state index in [0.717, 1.165) is 0 Å². The van der Waals surface area contributed by atoms with Crippen molar-refractivity contribution >= 4 is 29.2 Å². The highest BCUT2D eigenvalue weighted by Gasteiger charge is 2.10. The van der Waals surface area contributed by atoms with E-state index in [-0.39, 0.29) is 0 Å². The van der Waals surface area contributed by atoms with Crippen LogP contribution in [0.15, 0.2) is 42.5 Å². The SMILES string of the molecule is COc1cccc(C(=O)Oc2ccc(Cl)c(Cl)c2)c1. The molecule has 3 nitrogen and oxygen atoms in total. The molecule has 2 aromatic rings. The molecule has 2 aromatic carbocycles. The maximum Gasteiger partial charge on any atom is 0.343 e. The summed E-state index contributed by atoms with van der Waals surface area (Å²) >= 11 is 11.6. The lowest BCUT2D eigenvalue weighted by Crippen LogP contribution is -2.08. The summed E-state index contributed by atoms with van der Waals surface area (Å²) in [6.07, 6.45) is 0. The topological polar surface area (TPSA) is 35.5 Å². The van der Waals surface area contributed by atoms with E-state index in [9.17, 15) is 4.79 Å². The Labute approximate surface area is 120 Å². The lowest BCUT2D eigenvalue weighted by atomic mass is 10.2. The molecule has 0 N–H and O–H groups in total. The van der Waals surface area contributed by atoms with Gasteiger partial charge in [0.25, 0.3) is 0 Å². The first-order chi connectivity index (χ1) is 9.10. The zero-order chi connectivity index (χ0) is 13.8. The lowest BCUT2D eigenvalue weighted by Gasteiger charge is -2.06. The van der Waals surface area contributed by atoms with Crippen molar-refractivity contribution in [3.05, 3.63) is 58.1 Å². The number of rotatable bonds is 3.